The van der Waals surface area contributed by atoms with E-state index >= 15 is 0 Å². The predicted octanol–water partition coefficient (Wildman–Crippen LogP) is -0.878. The normalized spacial score (nSPS) is 8.31. The molecular formula is C9H13NO6. The molecule has 16 heavy (non-hydrogen) atoms. The SMILES string of the molecule is C=C(CC(=O)O)C(=O)O.C=C(CO)C(N)=O. The molecule has 0 heterocycles. The van der Waals surface area contributed by atoms with Gasteiger partial charge in [0.15, 0.2) is 0 Å². The second-order valence-corrected chi connectivity index (χ2v) is 2.61. The van der Waals surface area contributed by atoms with Crippen molar-refractivity contribution in [3.63, 3.8) is 0 Å². The number of amides is 1. The Labute approximate surface area is 91.5 Å². The first-order valence-electron chi connectivity index (χ1n) is 3.93. The van der Waals surface area contributed by atoms with Crippen LogP contribution in [0.25, 0.3) is 0 Å². The molecule has 1 amide bonds. The number of rotatable bonds is 5. The van der Waals surface area contributed by atoms with Crippen molar-refractivity contribution in [3.8, 4) is 0 Å². The van der Waals surface area contributed by atoms with Crippen LogP contribution in [0.4, 0.5) is 0 Å². The minimum absolute atomic E-state index is 0.0417. The van der Waals surface area contributed by atoms with E-state index in [1.54, 1.807) is 0 Å². The van der Waals surface area contributed by atoms with Crippen LogP contribution in [0.3, 0.4) is 0 Å². The second-order valence-electron chi connectivity index (χ2n) is 2.61. The fraction of sp³-hybridized carbons (Fsp3) is 0.222. The van der Waals surface area contributed by atoms with Crippen molar-refractivity contribution < 1.29 is 29.7 Å². The monoisotopic (exact) mass is 231 g/mol. The number of primary amides is 1. The molecule has 0 spiro atoms. The summed E-state index contributed by atoms with van der Waals surface area (Å²) in [7, 11) is 0. The van der Waals surface area contributed by atoms with Crippen LogP contribution >= 0.6 is 0 Å². The molecule has 0 saturated heterocycles. The van der Waals surface area contributed by atoms with Gasteiger partial charge in [-0.15, -0.1) is 0 Å². The number of aliphatic hydroxyl groups is 1. The predicted molar refractivity (Wildman–Crippen MR) is 54.4 cm³/mol. The number of carbonyl (C=O) groups is 3. The maximum absolute atomic E-state index is 9.89. The van der Waals surface area contributed by atoms with Gasteiger partial charge in [-0.1, -0.05) is 13.2 Å². The molecule has 0 atom stereocenters. The van der Waals surface area contributed by atoms with E-state index in [0.29, 0.717) is 0 Å². The van der Waals surface area contributed by atoms with E-state index in [2.05, 4.69) is 18.9 Å². The molecule has 0 aromatic rings. The van der Waals surface area contributed by atoms with Crippen LogP contribution in [0, 0.1) is 0 Å². The third kappa shape index (κ3) is 9.93. The van der Waals surface area contributed by atoms with Gasteiger partial charge in [0.2, 0.25) is 5.91 Å². The highest BCUT2D eigenvalue weighted by molar-refractivity contribution is 5.91. The molecule has 0 radical (unpaired) electrons. The Balaban J connectivity index is 0. The van der Waals surface area contributed by atoms with Crippen LogP contribution in [0.2, 0.25) is 0 Å². The number of aliphatic carboxylic acids is 2. The zero-order valence-corrected chi connectivity index (χ0v) is 8.47. The van der Waals surface area contributed by atoms with Crippen molar-refractivity contribution in [2.45, 2.75) is 6.42 Å². The number of hydrogen-bond acceptors (Lipinski definition) is 4. The van der Waals surface area contributed by atoms with Crippen LogP contribution in [-0.4, -0.2) is 39.8 Å². The number of carbonyl (C=O) groups excluding carboxylic acids is 1. The summed E-state index contributed by atoms with van der Waals surface area (Å²) in [4.78, 5) is 29.6. The largest absolute Gasteiger partial charge is 0.481 e. The first kappa shape index (κ1) is 16.3. The maximum atomic E-state index is 9.89. The molecule has 0 aromatic carbocycles. The summed E-state index contributed by atoms with van der Waals surface area (Å²) in [6, 6.07) is 0. The lowest BCUT2D eigenvalue weighted by Gasteiger charge is -1.91. The van der Waals surface area contributed by atoms with E-state index in [1.807, 2.05) is 0 Å². The van der Waals surface area contributed by atoms with Gasteiger partial charge in [0.25, 0.3) is 0 Å². The fourth-order valence-corrected chi connectivity index (χ4v) is 0.336. The number of carboxylic acid groups (broad SMARTS) is 2. The number of carboxylic acids is 2. The lowest BCUT2D eigenvalue weighted by molar-refractivity contribution is -0.139. The van der Waals surface area contributed by atoms with Gasteiger partial charge in [0.1, 0.15) is 0 Å². The highest BCUT2D eigenvalue weighted by Crippen LogP contribution is 1.95. The van der Waals surface area contributed by atoms with Crippen LogP contribution in [-0.2, 0) is 14.4 Å². The van der Waals surface area contributed by atoms with Crippen LogP contribution in [0.1, 0.15) is 6.42 Å². The van der Waals surface area contributed by atoms with Crippen molar-refractivity contribution in [2.24, 2.45) is 5.73 Å². The molecule has 0 bridgehead atoms. The van der Waals surface area contributed by atoms with Crippen LogP contribution in [0.5, 0.6) is 0 Å². The molecule has 90 valence electrons. The van der Waals surface area contributed by atoms with E-state index in [4.69, 9.17) is 15.3 Å². The zero-order valence-electron chi connectivity index (χ0n) is 8.47. The third-order valence-corrected chi connectivity index (χ3v) is 1.21. The summed E-state index contributed by atoms with van der Waals surface area (Å²) < 4.78 is 0. The molecule has 5 N–H and O–H groups in total. The molecule has 0 fully saturated rings. The van der Waals surface area contributed by atoms with E-state index < -0.39 is 24.3 Å². The molecule has 0 aliphatic carbocycles. The van der Waals surface area contributed by atoms with Gasteiger partial charge in [-0.05, 0) is 0 Å². The van der Waals surface area contributed by atoms with Crippen LogP contribution in [0.15, 0.2) is 24.3 Å². The molecule has 0 unspecified atom stereocenters. The molecule has 0 saturated carbocycles. The van der Waals surface area contributed by atoms with Gasteiger partial charge in [0.05, 0.1) is 13.0 Å². The molecule has 7 nitrogen and oxygen atoms in total. The van der Waals surface area contributed by atoms with E-state index in [0.717, 1.165) is 0 Å². The van der Waals surface area contributed by atoms with Gasteiger partial charge in [-0.3, -0.25) is 9.59 Å². The molecular weight excluding hydrogens is 218 g/mol. The molecule has 7 heteroatoms. The van der Waals surface area contributed by atoms with Crippen molar-refractivity contribution >= 4 is 17.8 Å². The number of nitrogens with two attached hydrogens (primary N) is 1. The maximum Gasteiger partial charge on any atom is 0.331 e. The Morgan fingerprint density at radius 1 is 1.06 bits per heavy atom. The zero-order chi connectivity index (χ0) is 13.3. The van der Waals surface area contributed by atoms with E-state index in [1.165, 1.54) is 0 Å². The van der Waals surface area contributed by atoms with Gasteiger partial charge in [0, 0.05) is 11.1 Å². The van der Waals surface area contributed by atoms with Crippen molar-refractivity contribution in [1.29, 1.82) is 0 Å². The Hall–Kier alpha value is -2.15. The van der Waals surface area contributed by atoms with Gasteiger partial charge >= 0.3 is 11.9 Å². The number of aliphatic hydroxyl groups excluding tert-OH is 1. The Bertz CT molecular complexity index is 320. The Kier molecular flexibility index (Phi) is 8.33. The van der Waals surface area contributed by atoms with Gasteiger partial charge in [-0.2, -0.15) is 0 Å². The molecule has 0 aliphatic heterocycles. The average molecular weight is 231 g/mol. The lowest BCUT2D eigenvalue weighted by atomic mass is 10.2. The van der Waals surface area contributed by atoms with E-state index in [-0.39, 0.29) is 17.8 Å². The minimum atomic E-state index is -1.27. The second kappa shape index (κ2) is 8.18. The van der Waals surface area contributed by atoms with Crippen molar-refractivity contribution in [3.05, 3.63) is 24.3 Å². The number of hydrogen-bond donors (Lipinski definition) is 4. The standard InChI is InChI=1S/C5H6O4.C4H7NO2/c1-3(5(8)9)2-4(6)7;1-3(2-6)4(5)7/h1-2H2,(H,6,7)(H,8,9);6H,1-2H2,(H2,5,7). The summed E-state index contributed by atoms with van der Waals surface area (Å²) in [5, 5.41) is 24.2. The highest BCUT2D eigenvalue weighted by atomic mass is 16.4. The average Bonchev–Trinajstić information content (AvgIpc) is 2.16. The fourth-order valence-electron chi connectivity index (χ4n) is 0.336. The Morgan fingerprint density at radius 3 is 1.56 bits per heavy atom. The first-order valence-corrected chi connectivity index (χ1v) is 3.93. The Morgan fingerprint density at radius 2 is 1.50 bits per heavy atom. The lowest BCUT2D eigenvalue weighted by Crippen LogP contribution is -2.14. The third-order valence-electron chi connectivity index (χ3n) is 1.21. The van der Waals surface area contributed by atoms with Crippen LogP contribution < -0.4 is 5.73 Å². The summed E-state index contributed by atoms with van der Waals surface area (Å²) in [5.74, 6) is -3.10. The smallest absolute Gasteiger partial charge is 0.331 e. The van der Waals surface area contributed by atoms with Crippen molar-refractivity contribution in [2.75, 3.05) is 6.61 Å². The quantitative estimate of drug-likeness (QED) is 0.453. The van der Waals surface area contributed by atoms with Gasteiger partial charge in [-0.25, -0.2) is 4.79 Å². The summed E-state index contributed by atoms with van der Waals surface area (Å²) in [5.41, 5.74) is 4.39. The molecule has 0 aliphatic rings. The highest BCUT2D eigenvalue weighted by Gasteiger charge is 2.07. The first-order chi connectivity index (χ1) is 7.22. The molecule has 0 rings (SSSR count). The van der Waals surface area contributed by atoms with E-state index in [9.17, 15) is 14.4 Å². The summed E-state index contributed by atoms with van der Waals surface area (Å²) in [6.07, 6.45) is -0.505. The topological polar surface area (TPSA) is 138 Å². The van der Waals surface area contributed by atoms with Gasteiger partial charge < -0.3 is 21.1 Å². The minimum Gasteiger partial charge on any atom is -0.481 e. The molecule has 0 aromatic heterocycles. The summed E-state index contributed by atoms with van der Waals surface area (Å²) in [6.45, 7) is 5.81. The van der Waals surface area contributed by atoms with Crippen molar-refractivity contribution in [1.82, 2.24) is 0 Å². The summed E-state index contributed by atoms with van der Waals surface area (Å²) >= 11 is 0.